The number of ether oxygens (including phenoxy) is 2. The highest BCUT2D eigenvalue weighted by Crippen LogP contribution is 2.55. The minimum atomic E-state index is -2.66. The standard InChI is InChI=1S/C41H51F2N5O5S/c1-26(39(2,3)4)47(23-34(49)52-24-27-11-9-8-10-12-27)22-28-13-14-31-30(19-28)44-37(45-36(50)33-16-15-32(54-33)35(42)43)48(31)29-20-41(21-29)17-18-46(25-41)38(51)53-40(5,6)7/h8-16,19,26,29,35H,17-18,20-25H2,1-7H3,(H,44,45,50)/t26-,29-,41-/m0/s1. The molecule has 54 heavy (non-hydrogen) atoms. The van der Waals surface area contributed by atoms with Crippen molar-refractivity contribution in [3.8, 4) is 0 Å². The van der Waals surface area contributed by atoms with E-state index in [0.717, 1.165) is 47.2 Å². The van der Waals surface area contributed by atoms with E-state index in [1.165, 1.54) is 12.1 Å². The van der Waals surface area contributed by atoms with Crippen molar-refractivity contribution in [1.82, 2.24) is 19.4 Å². The minimum Gasteiger partial charge on any atom is -0.460 e. The summed E-state index contributed by atoms with van der Waals surface area (Å²) in [5.41, 5.74) is 2.57. The highest BCUT2D eigenvalue weighted by atomic mass is 32.1. The number of fused-ring (bicyclic) bond motifs is 1. The number of alkyl halides is 2. The molecule has 2 fully saturated rings. The number of likely N-dealkylation sites (tertiary alicyclic amines) is 1. The van der Waals surface area contributed by atoms with Crippen LogP contribution in [-0.4, -0.2) is 68.6 Å². The van der Waals surface area contributed by atoms with Gasteiger partial charge < -0.3 is 18.9 Å². The van der Waals surface area contributed by atoms with E-state index in [-0.39, 0.29) is 57.9 Å². The number of rotatable bonds is 11. The van der Waals surface area contributed by atoms with Crippen LogP contribution in [0, 0.1) is 10.8 Å². The molecular weight excluding hydrogens is 713 g/mol. The van der Waals surface area contributed by atoms with Gasteiger partial charge in [0.05, 0.1) is 27.3 Å². The normalized spacial score (nSPS) is 19.4. The molecular formula is C41H51F2N5O5S. The predicted octanol–water partition coefficient (Wildman–Crippen LogP) is 9.23. The number of aromatic nitrogens is 2. The molecule has 0 unspecified atom stereocenters. The van der Waals surface area contributed by atoms with Gasteiger partial charge in [0.15, 0.2) is 0 Å². The fraction of sp³-hybridized carbons (Fsp3) is 0.512. The molecule has 1 aliphatic heterocycles. The molecule has 4 aromatic rings. The molecule has 2 aliphatic rings. The Morgan fingerprint density at radius 2 is 1.74 bits per heavy atom. The van der Waals surface area contributed by atoms with Crippen LogP contribution in [0.25, 0.3) is 11.0 Å². The van der Waals surface area contributed by atoms with Crippen LogP contribution in [-0.2, 0) is 27.4 Å². The molecule has 6 rings (SSSR count). The molecule has 2 aromatic heterocycles. The van der Waals surface area contributed by atoms with Gasteiger partial charge in [0.1, 0.15) is 12.2 Å². The largest absolute Gasteiger partial charge is 0.460 e. The van der Waals surface area contributed by atoms with Gasteiger partial charge in [-0.05, 0) is 93.2 Å². The van der Waals surface area contributed by atoms with E-state index in [0.29, 0.717) is 31.1 Å². The number of esters is 1. The van der Waals surface area contributed by atoms with Crippen LogP contribution in [0.1, 0.15) is 106 Å². The second kappa shape index (κ2) is 15.4. The maximum absolute atomic E-state index is 13.4. The summed E-state index contributed by atoms with van der Waals surface area (Å²) in [6.45, 7) is 16.1. The summed E-state index contributed by atoms with van der Waals surface area (Å²) in [4.78, 5) is 48.2. The molecule has 2 aromatic carbocycles. The van der Waals surface area contributed by atoms with Gasteiger partial charge in [-0.2, -0.15) is 0 Å². The lowest BCUT2D eigenvalue weighted by Gasteiger charge is -2.46. The summed E-state index contributed by atoms with van der Waals surface area (Å²) >= 11 is 0.760. The summed E-state index contributed by atoms with van der Waals surface area (Å²) in [5, 5.41) is 2.92. The van der Waals surface area contributed by atoms with Crippen molar-refractivity contribution in [3.05, 3.63) is 81.5 Å². The van der Waals surface area contributed by atoms with E-state index in [4.69, 9.17) is 14.5 Å². The molecule has 1 saturated heterocycles. The fourth-order valence-corrected chi connectivity index (χ4v) is 8.15. The van der Waals surface area contributed by atoms with Gasteiger partial charge in [-0.15, -0.1) is 11.3 Å². The van der Waals surface area contributed by atoms with Gasteiger partial charge >= 0.3 is 12.1 Å². The van der Waals surface area contributed by atoms with Crippen LogP contribution in [0.15, 0.2) is 60.7 Å². The molecule has 290 valence electrons. The van der Waals surface area contributed by atoms with E-state index in [9.17, 15) is 23.2 Å². The van der Waals surface area contributed by atoms with E-state index < -0.39 is 17.9 Å². The fourth-order valence-electron chi connectivity index (χ4n) is 7.39. The average molecular weight is 764 g/mol. The lowest BCUT2D eigenvalue weighted by atomic mass is 9.65. The van der Waals surface area contributed by atoms with Crippen LogP contribution >= 0.6 is 11.3 Å². The quantitative estimate of drug-likeness (QED) is 0.152. The van der Waals surface area contributed by atoms with Crippen molar-refractivity contribution in [2.75, 3.05) is 25.0 Å². The third kappa shape index (κ3) is 9.11. The van der Waals surface area contributed by atoms with Crippen molar-refractivity contribution in [1.29, 1.82) is 0 Å². The zero-order valence-corrected chi connectivity index (χ0v) is 33.0. The number of thiophene rings is 1. The van der Waals surface area contributed by atoms with Gasteiger partial charge in [-0.1, -0.05) is 57.2 Å². The second-order valence-corrected chi connectivity index (χ2v) is 18.0. The Morgan fingerprint density at radius 1 is 1.02 bits per heavy atom. The molecule has 1 saturated carbocycles. The van der Waals surface area contributed by atoms with Gasteiger partial charge in [0, 0.05) is 31.7 Å². The van der Waals surface area contributed by atoms with Crippen molar-refractivity contribution < 1.29 is 32.6 Å². The van der Waals surface area contributed by atoms with Gasteiger partial charge in [-0.3, -0.25) is 19.8 Å². The number of nitrogens with zero attached hydrogens (tertiary/aromatic N) is 4. The minimum absolute atomic E-state index is 0.00788. The molecule has 2 amide bonds. The number of carbonyl (C=O) groups excluding carboxylic acids is 3. The average Bonchev–Trinajstić information content (AvgIpc) is 3.83. The topological polar surface area (TPSA) is 106 Å². The first-order valence-corrected chi connectivity index (χ1v) is 19.3. The SMILES string of the molecule is C[C@H](N(CC(=O)OCc1ccccc1)Cc1ccc2c(c1)nc(NC(=O)c1ccc(C(F)F)s1)n2[C@H]1C[C@@]2(CCN(C(=O)OC(C)(C)C)C2)C1)C(C)(C)C. The molecule has 1 aliphatic carbocycles. The number of hydrogen-bond donors (Lipinski definition) is 1. The number of imidazole rings is 1. The summed E-state index contributed by atoms with van der Waals surface area (Å²) in [6, 6.07) is 18.3. The number of anilines is 1. The number of benzene rings is 2. The summed E-state index contributed by atoms with van der Waals surface area (Å²) < 4.78 is 40.0. The van der Waals surface area contributed by atoms with Crippen LogP contribution in [0.5, 0.6) is 0 Å². The number of halogens is 2. The summed E-state index contributed by atoms with van der Waals surface area (Å²) in [6.07, 6.45) is -0.571. The Bertz CT molecular complexity index is 1980. The monoisotopic (exact) mass is 763 g/mol. The molecule has 1 spiro atoms. The Morgan fingerprint density at radius 3 is 2.39 bits per heavy atom. The Balaban J connectivity index is 1.24. The van der Waals surface area contributed by atoms with Crippen LogP contribution in [0.3, 0.4) is 0 Å². The maximum Gasteiger partial charge on any atom is 0.410 e. The van der Waals surface area contributed by atoms with Crippen LogP contribution in [0.2, 0.25) is 0 Å². The molecule has 10 nitrogen and oxygen atoms in total. The van der Waals surface area contributed by atoms with Crippen LogP contribution in [0.4, 0.5) is 19.5 Å². The Labute approximate surface area is 319 Å². The lowest BCUT2D eigenvalue weighted by molar-refractivity contribution is -0.147. The maximum atomic E-state index is 13.4. The third-order valence-electron chi connectivity index (χ3n) is 10.6. The molecule has 0 radical (unpaired) electrons. The van der Waals surface area contributed by atoms with E-state index in [1.54, 1.807) is 4.90 Å². The van der Waals surface area contributed by atoms with Crippen molar-refractivity contribution in [2.45, 2.75) is 105 Å². The molecule has 13 heteroatoms. The predicted molar refractivity (Wildman–Crippen MR) is 206 cm³/mol. The van der Waals surface area contributed by atoms with E-state index in [1.807, 2.05) is 73.9 Å². The number of amides is 2. The zero-order chi connectivity index (χ0) is 39.0. The Kier molecular flexibility index (Phi) is 11.2. The smallest absolute Gasteiger partial charge is 0.410 e. The van der Waals surface area contributed by atoms with Crippen molar-refractivity contribution in [2.24, 2.45) is 10.8 Å². The lowest BCUT2D eigenvalue weighted by Crippen LogP contribution is -2.44. The summed E-state index contributed by atoms with van der Waals surface area (Å²) in [7, 11) is 0. The number of carbonyl (C=O) groups is 3. The number of hydrogen-bond acceptors (Lipinski definition) is 8. The summed E-state index contributed by atoms with van der Waals surface area (Å²) in [5.74, 6) is -0.482. The van der Waals surface area contributed by atoms with Crippen molar-refractivity contribution >= 4 is 46.3 Å². The van der Waals surface area contributed by atoms with E-state index >= 15 is 0 Å². The van der Waals surface area contributed by atoms with E-state index in [2.05, 4.69) is 37.9 Å². The highest BCUT2D eigenvalue weighted by molar-refractivity contribution is 7.14. The van der Waals surface area contributed by atoms with Gasteiger partial charge in [0.25, 0.3) is 12.3 Å². The number of nitrogens with one attached hydrogen (secondary N) is 1. The third-order valence-corrected chi connectivity index (χ3v) is 11.7. The molecule has 0 bridgehead atoms. The molecule has 3 heterocycles. The van der Waals surface area contributed by atoms with Gasteiger partial charge in [-0.25, -0.2) is 18.6 Å². The zero-order valence-electron chi connectivity index (χ0n) is 32.2. The molecule has 1 N–H and O–H groups in total. The second-order valence-electron chi connectivity index (χ2n) is 16.9. The Hall–Kier alpha value is -4.36. The molecule has 1 atom stereocenters. The van der Waals surface area contributed by atoms with Crippen molar-refractivity contribution in [3.63, 3.8) is 0 Å². The first-order chi connectivity index (χ1) is 25.4. The van der Waals surface area contributed by atoms with Gasteiger partial charge in [0.2, 0.25) is 5.95 Å². The van der Waals surface area contributed by atoms with Crippen LogP contribution < -0.4 is 5.32 Å². The first kappa shape index (κ1) is 39.3. The first-order valence-electron chi connectivity index (χ1n) is 18.5. The highest BCUT2D eigenvalue weighted by Gasteiger charge is 2.51.